The Bertz CT molecular complexity index is 1460. The van der Waals surface area contributed by atoms with E-state index in [9.17, 15) is 4.79 Å². The van der Waals surface area contributed by atoms with Gasteiger partial charge >= 0.3 is 0 Å². The summed E-state index contributed by atoms with van der Waals surface area (Å²) in [4.78, 5) is 16.3. The van der Waals surface area contributed by atoms with Crippen molar-refractivity contribution in [1.29, 1.82) is 0 Å². The Morgan fingerprint density at radius 3 is 2.41 bits per heavy atom. The summed E-state index contributed by atoms with van der Waals surface area (Å²) in [7, 11) is 1.65. The van der Waals surface area contributed by atoms with Crippen LogP contribution in [0.1, 0.15) is 34.7 Å². The molecule has 2 N–H and O–H groups in total. The van der Waals surface area contributed by atoms with Crippen LogP contribution in [0.5, 0.6) is 11.5 Å². The fourth-order valence-electron chi connectivity index (χ4n) is 4.48. The number of furan rings is 1. The van der Waals surface area contributed by atoms with Gasteiger partial charge in [-0.3, -0.25) is 4.79 Å². The van der Waals surface area contributed by atoms with E-state index in [-0.39, 0.29) is 5.91 Å². The standard InChI is InChI=1S/C29H24N2O3/c1-30-29(32)27-24-16-22(18-9-10-18)23(25-8-5-15-31-25)17-26(24)34-28(27)19-11-13-21(14-12-19)33-20-6-3-2-4-7-20/h2-8,11-18,31H,9-10H2,1H3,(H,30,32). The quantitative estimate of drug-likeness (QED) is 0.290. The number of ether oxygens (including phenoxy) is 1. The smallest absolute Gasteiger partial charge is 0.255 e. The maximum atomic E-state index is 13.0. The molecule has 1 aliphatic rings. The number of para-hydroxylation sites is 1. The summed E-state index contributed by atoms with van der Waals surface area (Å²) in [5.74, 6) is 2.42. The highest BCUT2D eigenvalue weighted by molar-refractivity contribution is 6.12. The number of aromatic amines is 1. The molecule has 0 unspecified atom stereocenters. The molecule has 168 valence electrons. The minimum Gasteiger partial charge on any atom is -0.457 e. The Morgan fingerprint density at radius 2 is 1.74 bits per heavy atom. The molecule has 34 heavy (non-hydrogen) atoms. The van der Waals surface area contributed by atoms with Gasteiger partial charge in [-0.2, -0.15) is 0 Å². The summed E-state index contributed by atoms with van der Waals surface area (Å²) >= 11 is 0. The molecular formula is C29H24N2O3. The maximum absolute atomic E-state index is 13.0. The van der Waals surface area contributed by atoms with Gasteiger partial charge in [0.25, 0.3) is 5.91 Å². The van der Waals surface area contributed by atoms with E-state index in [0.29, 0.717) is 22.8 Å². The second kappa shape index (κ2) is 8.27. The molecule has 0 spiro atoms. The molecule has 2 aromatic heterocycles. The summed E-state index contributed by atoms with van der Waals surface area (Å²) in [6.07, 6.45) is 4.27. The Labute approximate surface area is 197 Å². The minimum absolute atomic E-state index is 0.160. The van der Waals surface area contributed by atoms with Gasteiger partial charge in [0.15, 0.2) is 0 Å². The molecule has 0 bridgehead atoms. The third-order valence-corrected chi connectivity index (χ3v) is 6.31. The molecular weight excluding hydrogens is 424 g/mol. The first-order valence-electron chi connectivity index (χ1n) is 11.5. The molecule has 1 fully saturated rings. The van der Waals surface area contributed by atoms with Gasteiger partial charge in [0.1, 0.15) is 22.8 Å². The van der Waals surface area contributed by atoms with Crippen molar-refractivity contribution in [2.75, 3.05) is 7.05 Å². The molecule has 1 amide bonds. The van der Waals surface area contributed by atoms with Crippen molar-refractivity contribution in [2.45, 2.75) is 18.8 Å². The average Bonchev–Trinajstić information content (AvgIpc) is 3.44. The Kier molecular flexibility index (Phi) is 4.95. The first kappa shape index (κ1) is 20.4. The highest BCUT2D eigenvalue weighted by atomic mass is 16.5. The van der Waals surface area contributed by atoms with Gasteiger partial charge in [-0.15, -0.1) is 0 Å². The van der Waals surface area contributed by atoms with Crippen LogP contribution < -0.4 is 10.1 Å². The summed E-state index contributed by atoms with van der Waals surface area (Å²) in [6, 6.07) is 25.6. The van der Waals surface area contributed by atoms with Gasteiger partial charge in [0.2, 0.25) is 0 Å². The predicted octanol–water partition coefficient (Wildman–Crippen LogP) is 7.12. The topological polar surface area (TPSA) is 67.3 Å². The number of hydrogen-bond donors (Lipinski definition) is 2. The summed E-state index contributed by atoms with van der Waals surface area (Å²) < 4.78 is 12.3. The normalized spacial score (nSPS) is 13.2. The van der Waals surface area contributed by atoms with E-state index in [1.54, 1.807) is 7.05 Å². The zero-order chi connectivity index (χ0) is 23.1. The Balaban J connectivity index is 1.46. The Hall–Kier alpha value is -4.25. The van der Waals surface area contributed by atoms with Crippen molar-refractivity contribution >= 4 is 16.9 Å². The van der Waals surface area contributed by atoms with Gasteiger partial charge in [0, 0.05) is 35.5 Å². The number of hydrogen-bond acceptors (Lipinski definition) is 3. The summed E-state index contributed by atoms with van der Waals surface area (Å²) in [5, 5.41) is 3.63. The predicted molar refractivity (Wildman–Crippen MR) is 133 cm³/mol. The van der Waals surface area contributed by atoms with Crippen LogP contribution in [0.2, 0.25) is 0 Å². The molecule has 5 aromatic rings. The first-order chi connectivity index (χ1) is 16.7. The molecule has 5 nitrogen and oxygen atoms in total. The highest BCUT2D eigenvalue weighted by Gasteiger charge is 2.30. The van der Waals surface area contributed by atoms with Crippen molar-refractivity contribution in [3.63, 3.8) is 0 Å². The number of rotatable bonds is 6. The van der Waals surface area contributed by atoms with Crippen LogP contribution in [0.3, 0.4) is 0 Å². The van der Waals surface area contributed by atoms with Crippen LogP contribution in [-0.4, -0.2) is 17.9 Å². The van der Waals surface area contributed by atoms with Crippen LogP contribution in [0.15, 0.2) is 89.5 Å². The fraction of sp³-hybridized carbons (Fsp3) is 0.138. The van der Waals surface area contributed by atoms with Crippen LogP contribution in [-0.2, 0) is 0 Å². The lowest BCUT2D eigenvalue weighted by atomic mass is 9.96. The van der Waals surface area contributed by atoms with Crippen molar-refractivity contribution in [1.82, 2.24) is 10.3 Å². The number of fused-ring (bicyclic) bond motifs is 1. The first-order valence-corrected chi connectivity index (χ1v) is 11.5. The molecule has 5 heteroatoms. The summed E-state index contributed by atoms with van der Waals surface area (Å²) in [6.45, 7) is 0. The average molecular weight is 449 g/mol. The molecule has 0 atom stereocenters. The lowest BCUT2D eigenvalue weighted by Crippen LogP contribution is -2.18. The van der Waals surface area contributed by atoms with Gasteiger partial charge in [-0.25, -0.2) is 0 Å². The zero-order valence-corrected chi connectivity index (χ0v) is 18.8. The number of aromatic nitrogens is 1. The van der Waals surface area contributed by atoms with Crippen LogP contribution in [0, 0.1) is 0 Å². The lowest BCUT2D eigenvalue weighted by Gasteiger charge is -2.08. The van der Waals surface area contributed by atoms with Crippen molar-refractivity contribution < 1.29 is 13.9 Å². The van der Waals surface area contributed by atoms with E-state index in [2.05, 4.69) is 28.5 Å². The number of nitrogens with one attached hydrogen (secondary N) is 2. The van der Waals surface area contributed by atoms with E-state index in [0.717, 1.165) is 33.7 Å². The molecule has 6 rings (SSSR count). The second-order valence-corrected chi connectivity index (χ2v) is 8.62. The van der Waals surface area contributed by atoms with Crippen LogP contribution >= 0.6 is 0 Å². The number of H-pyrrole nitrogens is 1. The zero-order valence-electron chi connectivity index (χ0n) is 18.8. The van der Waals surface area contributed by atoms with Crippen molar-refractivity contribution in [3.05, 3.63) is 96.2 Å². The number of benzene rings is 3. The minimum atomic E-state index is -0.160. The van der Waals surface area contributed by atoms with E-state index in [1.165, 1.54) is 18.4 Å². The molecule has 2 heterocycles. The molecule has 0 aliphatic heterocycles. The number of amides is 1. The van der Waals surface area contributed by atoms with Crippen molar-refractivity contribution in [3.8, 4) is 34.1 Å². The summed E-state index contributed by atoms with van der Waals surface area (Å²) in [5.41, 5.74) is 5.55. The van der Waals surface area contributed by atoms with Crippen molar-refractivity contribution in [2.24, 2.45) is 0 Å². The van der Waals surface area contributed by atoms with E-state index < -0.39 is 0 Å². The van der Waals surface area contributed by atoms with Crippen LogP contribution in [0.4, 0.5) is 0 Å². The van der Waals surface area contributed by atoms with Gasteiger partial charge in [-0.1, -0.05) is 18.2 Å². The van der Waals surface area contributed by atoms with Crippen LogP contribution in [0.25, 0.3) is 33.6 Å². The van der Waals surface area contributed by atoms with E-state index >= 15 is 0 Å². The molecule has 0 saturated heterocycles. The van der Waals surface area contributed by atoms with Gasteiger partial charge < -0.3 is 19.5 Å². The van der Waals surface area contributed by atoms with E-state index in [1.807, 2.05) is 66.9 Å². The van der Waals surface area contributed by atoms with Gasteiger partial charge in [-0.05, 0) is 85.0 Å². The molecule has 3 aromatic carbocycles. The third kappa shape index (κ3) is 3.65. The maximum Gasteiger partial charge on any atom is 0.255 e. The third-order valence-electron chi connectivity index (χ3n) is 6.31. The monoisotopic (exact) mass is 448 g/mol. The fourth-order valence-corrected chi connectivity index (χ4v) is 4.48. The molecule has 1 saturated carbocycles. The Morgan fingerprint density at radius 1 is 0.971 bits per heavy atom. The highest BCUT2D eigenvalue weighted by Crippen LogP contribution is 2.47. The molecule has 1 aliphatic carbocycles. The number of carbonyl (C=O) groups excluding carboxylic acids is 1. The second-order valence-electron chi connectivity index (χ2n) is 8.62. The molecule has 0 radical (unpaired) electrons. The van der Waals surface area contributed by atoms with E-state index in [4.69, 9.17) is 9.15 Å². The van der Waals surface area contributed by atoms with Gasteiger partial charge in [0.05, 0.1) is 5.56 Å². The largest absolute Gasteiger partial charge is 0.457 e. The lowest BCUT2D eigenvalue weighted by molar-refractivity contribution is 0.0964. The SMILES string of the molecule is CNC(=O)c1c(-c2ccc(Oc3ccccc3)cc2)oc2cc(-c3ccc[nH]3)c(C3CC3)cc12. The number of carbonyl (C=O) groups is 1.